The van der Waals surface area contributed by atoms with Gasteiger partial charge < -0.3 is 38.3 Å². The minimum Gasteiger partial charge on any atom is -0.493 e. The maximum Gasteiger partial charge on any atom is 0.573 e. The maximum atomic E-state index is 14.2. The zero-order valence-corrected chi connectivity index (χ0v) is 28.2. The number of hydrogen-bond donors (Lipinski definition) is 1. The number of carboxylic acids is 1. The van der Waals surface area contributed by atoms with E-state index in [4.69, 9.17) is 24.1 Å². The Morgan fingerprint density at radius 1 is 0.509 bits per heavy atom. The van der Waals surface area contributed by atoms with Crippen LogP contribution in [0, 0.1) is 11.6 Å². The van der Waals surface area contributed by atoms with Crippen molar-refractivity contribution in [1.82, 2.24) is 0 Å². The van der Waals surface area contributed by atoms with Crippen LogP contribution in [0.2, 0.25) is 0 Å². The summed E-state index contributed by atoms with van der Waals surface area (Å²) in [5, 5.41) is 9.04. The summed E-state index contributed by atoms with van der Waals surface area (Å²) < 4.78 is 211. The number of halogens is 14. The molecule has 0 spiro atoms. The average Bonchev–Trinajstić information content (AvgIpc) is 3.06. The Morgan fingerprint density at radius 3 is 1.19 bits per heavy atom. The van der Waals surface area contributed by atoms with E-state index in [1.807, 2.05) is 0 Å². The highest BCUT2D eigenvalue weighted by molar-refractivity contribution is 5.93. The monoisotopic (exact) mass is 842 g/mol. The lowest BCUT2D eigenvalue weighted by atomic mass is 10.1. The molecule has 1 N–H and O–H groups in total. The minimum absolute atomic E-state index is 0.0200. The van der Waals surface area contributed by atoms with Crippen LogP contribution in [-0.2, 0) is 17.1 Å². The molecule has 0 aliphatic heterocycles. The Hall–Kier alpha value is -6.36. The van der Waals surface area contributed by atoms with E-state index in [2.05, 4.69) is 14.2 Å². The Labute approximate surface area is 308 Å². The fraction of sp³-hybridized carbons (Fsp3) is 0.212. The third-order valence-electron chi connectivity index (χ3n) is 6.54. The molecule has 4 rings (SSSR count). The van der Waals surface area contributed by atoms with Crippen LogP contribution in [0.3, 0.4) is 0 Å². The lowest BCUT2D eigenvalue weighted by molar-refractivity contribution is -0.275. The molecule has 0 aromatic heterocycles. The highest BCUT2D eigenvalue weighted by Crippen LogP contribution is 2.42. The van der Waals surface area contributed by atoms with Crippen LogP contribution in [-0.4, -0.2) is 51.1 Å². The standard InChI is InChI=1S/C17H11F7O5.C16H9F7O5/c1-26-12-7-9(29-17(22,23)24)3-4-11(12)28-13-6-8(16(19,20)21)5-10(18)14(13)15(25)27-2;1-26-11-6-8(28-16(21,22)23)2-3-10(11)27-12-5-7(15(18,19)20)4-9(17)13(12)14(24)25/h3-7H,1-2H3;2-6H,1H3,(H,24,25). The van der Waals surface area contributed by atoms with E-state index < -0.39 is 111 Å². The van der Waals surface area contributed by atoms with Crippen LogP contribution in [0.1, 0.15) is 31.8 Å². The number of esters is 1. The topological polar surface area (TPSA) is 119 Å². The predicted molar refractivity (Wildman–Crippen MR) is 161 cm³/mol. The van der Waals surface area contributed by atoms with Gasteiger partial charge >= 0.3 is 37.0 Å². The largest absolute Gasteiger partial charge is 0.573 e. The molecule has 310 valence electrons. The normalized spacial score (nSPS) is 11.8. The molecule has 0 amide bonds. The molecule has 0 aliphatic carbocycles. The van der Waals surface area contributed by atoms with E-state index >= 15 is 0 Å². The SMILES string of the molecule is COC(=O)c1c(F)cc(C(F)(F)F)cc1Oc1ccc(OC(F)(F)F)cc1OC.COc1cc(OC(F)(F)F)ccc1Oc1cc(C(F)(F)F)cc(F)c1C(=O)O. The Bertz CT molecular complexity index is 2090. The van der Waals surface area contributed by atoms with E-state index in [0.717, 1.165) is 51.7 Å². The number of carboxylic acid groups (broad SMARTS) is 1. The van der Waals surface area contributed by atoms with Crippen molar-refractivity contribution in [3.8, 4) is 46.0 Å². The van der Waals surface area contributed by atoms with E-state index in [1.165, 1.54) is 0 Å². The fourth-order valence-electron chi connectivity index (χ4n) is 4.25. The summed E-state index contributed by atoms with van der Waals surface area (Å²) in [6, 6.07) is 5.31. The summed E-state index contributed by atoms with van der Waals surface area (Å²) in [4.78, 5) is 23.0. The van der Waals surface area contributed by atoms with Crippen LogP contribution < -0.4 is 28.4 Å². The number of ether oxygens (including phenoxy) is 7. The highest BCUT2D eigenvalue weighted by atomic mass is 19.4. The lowest BCUT2D eigenvalue weighted by Gasteiger charge is -2.17. The second-order valence-electron chi connectivity index (χ2n) is 10.4. The average molecular weight is 842 g/mol. The molecule has 0 radical (unpaired) electrons. The van der Waals surface area contributed by atoms with Crippen molar-refractivity contribution in [2.24, 2.45) is 0 Å². The molecular formula is C33H20F14O10. The third kappa shape index (κ3) is 12.3. The summed E-state index contributed by atoms with van der Waals surface area (Å²) in [5.74, 6) is -11.6. The zero-order chi connectivity index (χ0) is 43.3. The molecular weight excluding hydrogens is 822 g/mol. The Kier molecular flexibility index (Phi) is 13.6. The van der Waals surface area contributed by atoms with Crippen molar-refractivity contribution in [2.75, 3.05) is 21.3 Å². The quantitative estimate of drug-likeness (QED) is 0.122. The molecule has 10 nitrogen and oxygen atoms in total. The highest BCUT2D eigenvalue weighted by Gasteiger charge is 2.37. The molecule has 0 saturated carbocycles. The first-order valence-electron chi connectivity index (χ1n) is 14.5. The molecule has 0 bridgehead atoms. The number of methoxy groups -OCH3 is 3. The number of rotatable bonds is 10. The zero-order valence-electron chi connectivity index (χ0n) is 28.2. The number of hydrogen-bond acceptors (Lipinski definition) is 9. The van der Waals surface area contributed by atoms with E-state index in [-0.39, 0.29) is 23.9 Å². The molecule has 4 aromatic carbocycles. The minimum atomic E-state index is -5.02. The van der Waals surface area contributed by atoms with E-state index in [0.29, 0.717) is 12.1 Å². The van der Waals surface area contributed by atoms with Crippen molar-refractivity contribution >= 4 is 11.9 Å². The number of aromatic carboxylic acids is 1. The summed E-state index contributed by atoms with van der Waals surface area (Å²) in [6.45, 7) is 0. The van der Waals surface area contributed by atoms with Crippen LogP contribution >= 0.6 is 0 Å². The van der Waals surface area contributed by atoms with Crippen LogP contribution in [0.15, 0.2) is 60.7 Å². The van der Waals surface area contributed by atoms with Gasteiger partial charge in [0.15, 0.2) is 23.0 Å². The van der Waals surface area contributed by atoms with Gasteiger partial charge in [0.2, 0.25) is 0 Å². The van der Waals surface area contributed by atoms with Gasteiger partial charge in [-0.05, 0) is 48.5 Å². The van der Waals surface area contributed by atoms with Crippen LogP contribution in [0.4, 0.5) is 61.5 Å². The molecule has 57 heavy (non-hydrogen) atoms. The van der Waals surface area contributed by atoms with Crippen molar-refractivity contribution < 1.29 is 109 Å². The van der Waals surface area contributed by atoms with E-state index in [9.17, 15) is 71.1 Å². The first-order chi connectivity index (χ1) is 26.2. The maximum absolute atomic E-state index is 14.2. The van der Waals surface area contributed by atoms with Gasteiger partial charge in [-0.1, -0.05) is 0 Å². The van der Waals surface area contributed by atoms with Gasteiger partial charge in [0.05, 0.1) is 32.5 Å². The van der Waals surface area contributed by atoms with Crippen LogP contribution in [0.25, 0.3) is 0 Å². The van der Waals surface area contributed by atoms with Crippen molar-refractivity contribution in [2.45, 2.75) is 25.1 Å². The second kappa shape index (κ2) is 17.2. The predicted octanol–water partition coefficient (Wildman–Crippen LogP) is 10.6. The summed E-state index contributed by atoms with van der Waals surface area (Å²) >= 11 is 0. The number of carbonyl (C=O) groups excluding carboxylic acids is 1. The molecule has 0 fully saturated rings. The molecule has 0 saturated heterocycles. The fourth-order valence-corrected chi connectivity index (χ4v) is 4.25. The van der Waals surface area contributed by atoms with E-state index in [1.54, 1.807) is 0 Å². The first kappa shape index (κ1) is 45.0. The van der Waals surface area contributed by atoms with Gasteiger partial charge in [-0.15, -0.1) is 26.3 Å². The summed E-state index contributed by atoms with van der Waals surface area (Å²) in [5.41, 5.74) is -5.14. The van der Waals surface area contributed by atoms with Gasteiger partial charge in [-0.25, -0.2) is 18.4 Å². The molecule has 4 aromatic rings. The first-order valence-corrected chi connectivity index (χ1v) is 14.5. The van der Waals surface area contributed by atoms with Crippen molar-refractivity contribution in [1.29, 1.82) is 0 Å². The number of benzene rings is 4. The number of carbonyl (C=O) groups is 2. The molecule has 0 aliphatic rings. The van der Waals surface area contributed by atoms with Gasteiger partial charge in [-0.2, -0.15) is 26.3 Å². The lowest BCUT2D eigenvalue weighted by Crippen LogP contribution is -2.17. The molecule has 0 atom stereocenters. The Balaban J connectivity index is 0.000000306. The molecule has 0 heterocycles. The molecule has 0 unspecified atom stereocenters. The Morgan fingerprint density at radius 2 is 0.877 bits per heavy atom. The van der Waals surface area contributed by atoms with Crippen molar-refractivity contribution in [3.63, 3.8) is 0 Å². The summed E-state index contributed by atoms with van der Waals surface area (Å²) in [6.07, 6.45) is -20.0. The third-order valence-corrected chi connectivity index (χ3v) is 6.54. The summed E-state index contributed by atoms with van der Waals surface area (Å²) in [7, 11) is 2.91. The van der Waals surface area contributed by atoms with Gasteiger partial charge in [0, 0.05) is 12.1 Å². The van der Waals surface area contributed by atoms with Crippen molar-refractivity contribution in [3.05, 3.63) is 94.6 Å². The van der Waals surface area contributed by atoms with Gasteiger partial charge in [-0.3, -0.25) is 0 Å². The second-order valence-corrected chi connectivity index (χ2v) is 10.4. The number of alkyl halides is 12. The van der Waals surface area contributed by atoms with Gasteiger partial charge in [0.25, 0.3) is 0 Å². The van der Waals surface area contributed by atoms with Crippen LogP contribution in [0.5, 0.6) is 46.0 Å². The van der Waals surface area contributed by atoms with Gasteiger partial charge in [0.1, 0.15) is 45.8 Å². The molecule has 24 heteroatoms. The smallest absolute Gasteiger partial charge is 0.493 e.